The van der Waals surface area contributed by atoms with Crippen LogP contribution in [0.25, 0.3) is 0 Å². The molecule has 110 valence electrons. The number of rotatable bonds is 3. The molecule has 3 nitrogen and oxygen atoms in total. The predicted octanol–water partition coefficient (Wildman–Crippen LogP) is 4.14. The Morgan fingerprint density at radius 2 is 1.95 bits per heavy atom. The van der Waals surface area contributed by atoms with Crippen molar-refractivity contribution in [3.8, 4) is 0 Å². The van der Waals surface area contributed by atoms with Crippen molar-refractivity contribution in [2.24, 2.45) is 5.41 Å². The zero-order valence-electron chi connectivity index (χ0n) is 11.9. The number of halogens is 1. The number of carboxylic acids is 1. The fourth-order valence-corrected chi connectivity index (χ4v) is 3.24. The molecular weight excluding hydrogens is 276 g/mol. The Morgan fingerprint density at radius 1 is 1.35 bits per heavy atom. The van der Waals surface area contributed by atoms with Crippen LogP contribution in [-0.4, -0.2) is 16.2 Å². The van der Waals surface area contributed by atoms with Crippen LogP contribution in [0, 0.1) is 5.41 Å². The van der Waals surface area contributed by atoms with Crippen molar-refractivity contribution >= 4 is 17.6 Å². The highest BCUT2D eigenvalue weighted by Gasteiger charge is 2.29. The van der Waals surface area contributed by atoms with Gasteiger partial charge in [0.1, 0.15) is 0 Å². The van der Waals surface area contributed by atoms with Gasteiger partial charge in [0.05, 0.1) is 0 Å². The van der Waals surface area contributed by atoms with Crippen molar-refractivity contribution in [3.05, 3.63) is 34.3 Å². The summed E-state index contributed by atoms with van der Waals surface area (Å²) >= 11 is 6.28. The van der Waals surface area contributed by atoms with Crippen molar-refractivity contribution in [2.75, 3.05) is 0 Å². The first-order valence-electron chi connectivity index (χ1n) is 7.00. The van der Waals surface area contributed by atoms with Crippen LogP contribution < -0.4 is 0 Å². The molecule has 1 unspecified atom stereocenters. The van der Waals surface area contributed by atoms with E-state index in [1.807, 2.05) is 6.07 Å². The molecule has 2 rings (SSSR count). The molecule has 0 bridgehead atoms. The molecule has 20 heavy (non-hydrogen) atoms. The molecule has 1 saturated carbocycles. The molecule has 1 fully saturated rings. The Morgan fingerprint density at radius 3 is 2.45 bits per heavy atom. The molecule has 1 aliphatic carbocycles. The van der Waals surface area contributed by atoms with Crippen LogP contribution in [0.2, 0.25) is 5.02 Å². The summed E-state index contributed by atoms with van der Waals surface area (Å²) in [5, 5.41) is 18.9. The maximum atomic E-state index is 10.8. The van der Waals surface area contributed by atoms with Crippen LogP contribution in [0.3, 0.4) is 0 Å². The fourth-order valence-electron chi connectivity index (χ4n) is 2.90. The first kappa shape index (κ1) is 15.3. The Balaban J connectivity index is 2.16. The molecule has 0 radical (unpaired) electrons. The topological polar surface area (TPSA) is 57.5 Å². The predicted molar refractivity (Wildman–Crippen MR) is 79.0 cm³/mol. The SMILES string of the molecule is CC1(C)CCC(c2ccc(C(O)C(=O)O)cc2Cl)CC1. The second-order valence-corrected chi connectivity index (χ2v) is 6.87. The van der Waals surface area contributed by atoms with Gasteiger partial charge in [-0.15, -0.1) is 0 Å². The Hall–Kier alpha value is -1.06. The minimum absolute atomic E-state index is 0.336. The first-order valence-corrected chi connectivity index (χ1v) is 7.38. The molecule has 0 aliphatic heterocycles. The monoisotopic (exact) mass is 296 g/mol. The minimum Gasteiger partial charge on any atom is -0.479 e. The Labute approximate surface area is 124 Å². The summed E-state index contributed by atoms with van der Waals surface area (Å²) in [5.41, 5.74) is 1.81. The summed E-state index contributed by atoms with van der Waals surface area (Å²) < 4.78 is 0. The standard InChI is InChI=1S/C16H21ClO3/c1-16(2)7-5-10(6-8-16)12-4-3-11(9-13(12)17)14(18)15(19)20/h3-4,9-10,14,18H,5-8H2,1-2H3,(H,19,20). The van der Waals surface area contributed by atoms with Crippen LogP contribution in [0.1, 0.15) is 62.7 Å². The first-order chi connectivity index (χ1) is 9.30. The lowest BCUT2D eigenvalue weighted by atomic mass is 9.71. The Kier molecular flexibility index (Phi) is 4.40. The van der Waals surface area contributed by atoms with E-state index in [1.165, 1.54) is 12.8 Å². The molecule has 1 aromatic rings. The lowest BCUT2D eigenvalue weighted by Gasteiger charge is -2.34. The molecule has 4 heteroatoms. The van der Waals surface area contributed by atoms with Crippen LogP contribution in [-0.2, 0) is 4.79 Å². The van der Waals surface area contributed by atoms with Crippen LogP contribution in [0.4, 0.5) is 0 Å². The van der Waals surface area contributed by atoms with Gasteiger partial charge in [-0.2, -0.15) is 0 Å². The summed E-state index contributed by atoms with van der Waals surface area (Å²) in [6.45, 7) is 4.58. The average Bonchev–Trinajstić information content (AvgIpc) is 2.38. The van der Waals surface area contributed by atoms with Gasteiger partial charge in [-0.1, -0.05) is 37.6 Å². The minimum atomic E-state index is -1.51. The number of carbonyl (C=O) groups is 1. The number of hydrogen-bond donors (Lipinski definition) is 2. The van der Waals surface area contributed by atoms with E-state index >= 15 is 0 Å². The summed E-state index contributed by atoms with van der Waals surface area (Å²) in [6, 6.07) is 5.11. The van der Waals surface area contributed by atoms with Crippen molar-refractivity contribution in [1.29, 1.82) is 0 Å². The van der Waals surface area contributed by atoms with Crippen molar-refractivity contribution in [2.45, 2.75) is 51.6 Å². The number of aliphatic carboxylic acids is 1. The summed E-state index contributed by atoms with van der Waals surface area (Å²) in [7, 11) is 0. The van der Waals surface area contributed by atoms with Crippen LogP contribution in [0.15, 0.2) is 18.2 Å². The van der Waals surface area contributed by atoms with Gasteiger partial charge in [0.25, 0.3) is 0 Å². The number of benzene rings is 1. The summed E-state index contributed by atoms with van der Waals surface area (Å²) in [4.78, 5) is 10.8. The second kappa shape index (κ2) is 5.74. The van der Waals surface area contributed by atoms with E-state index in [-0.39, 0.29) is 0 Å². The van der Waals surface area contributed by atoms with Crippen LogP contribution >= 0.6 is 11.6 Å². The second-order valence-electron chi connectivity index (χ2n) is 6.46. The largest absolute Gasteiger partial charge is 0.479 e. The highest BCUT2D eigenvalue weighted by molar-refractivity contribution is 6.31. The third kappa shape index (κ3) is 3.33. The molecular formula is C16H21ClO3. The van der Waals surface area contributed by atoms with E-state index in [0.29, 0.717) is 21.9 Å². The molecule has 1 aromatic carbocycles. The van der Waals surface area contributed by atoms with E-state index in [9.17, 15) is 9.90 Å². The van der Waals surface area contributed by atoms with Crippen molar-refractivity contribution in [1.82, 2.24) is 0 Å². The fraction of sp³-hybridized carbons (Fsp3) is 0.562. The molecule has 0 saturated heterocycles. The van der Waals surface area contributed by atoms with E-state index in [2.05, 4.69) is 13.8 Å². The van der Waals surface area contributed by atoms with Crippen molar-refractivity contribution < 1.29 is 15.0 Å². The normalized spacial score (nSPS) is 20.6. The quantitative estimate of drug-likeness (QED) is 0.881. The molecule has 1 aliphatic rings. The van der Waals surface area contributed by atoms with Gasteiger partial charge in [-0.25, -0.2) is 4.79 Å². The highest BCUT2D eigenvalue weighted by atomic mass is 35.5. The third-order valence-corrected chi connectivity index (χ3v) is 4.68. The van der Waals surface area contributed by atoms with Crippen LogP contribution in [0.5, 0.6) is 0 Å². The lowest BCUT2D eigenvalue weighted by Crippen LogP contribution is -2.20. The molecule has 0 aromatic heterocycles. The molecule has 1 atom stereocenters. The van der Waals surface area contributed by atoms with Gasteiger partial charge in [0, 0.05) is 5.02 Å². The zero-order valence-corrected chi connectivity index (χ0v) is 12.7. The van der Waals surface area contributed by atoms with E-state index in [1.54, 1.807) is 12.1 Å². The molecule has 0 amide bonds. The van der Waals surface area contributed by atoms with Gasteiger partial charge in [-0.05, 0) is 54.2 Å². The zero-order chi connectivity index (χ0) is 14.9. The summed E-state index contributed by atoms with van der Waals surface area (Å²) in [6.07, 6.45) is 3.05. The number of hydrogen-bond acceptors (Lipinski definition) is 2. The number of aliphatic hydroxyl groups is 1. The van der Waals surface area contributed by atoms with Gasteiger partial charge >= 0.3 is 5.97 Å². The van der Waals surface area contributed by atoms with Gasteiger partial charge < -0.3 is 10.2 Å². The third-order valence-electron chi connectivity index (χ3n) is 4.35. The molecule has 0 heterocycles. The van der Waals surface area contributed by atoms with Crippen molar-refractivity contribution in [3.63, 3.8) is 0 Å². The van der Waals surface area contributed by atoms with E-state index in [4.69, 9.17) is 16.7 Å². The summed E-state index contributed by atoms with van der Waals surface area (Å²) in [5.74, 6) is -0.820. The van der Waals surface area contributed by atoms with E-state index in [0.717, 1.165) is 18.4 Å². The van der Waals surface area contributed by atoms with Gasteiger partial charge in [0.15, 0.2) is 6.10 Å². The maximum absolute atomic E-state index is 10.8. The van der Waals surface area contributed by atoms with E-state index < -0.39 is 12.1 Å². The average molecular weight is 297 g/mol. The smallest absolute Gasteiger partial charge is 0.337 e. The highest BCUT2D eigenvalue weighted by Crippen LogP contribution is 2.44. The number of carboxylic acid groups (broad SMARTS) is 1. The molecule has 0 spiro atoms. The lowest BCUT2D eigenvalue weighted by molar-refractivity contribution is -0.146. The maximum Gasteiger partial charge on any atom is 0.337 e. The Bertz CT molecular complexity index is 500. The van der Waals surface area contributed by atoms with Gasteiger partial charge in [0.2, 0.25) is 0 Å². The number of aliphatic hydroxyl groups excluding tert-OH is 1. The molecule has 2 N–H and O–H groups in total. The van der Waals surface area contributed by atoms with Gasteiger partial charge in [-0.3, -0.25) is 0 Å².